The van der Waals surface area contributed by atoms with Crippen LogP contribution in [0.5, 0.6) is 0 Å². The van der Waals surface area contributed by atoms with Crippen molar-refractivity contribution in [1.82, 2.24) is 23.7 Å². The van der Waals surface area contributed by atoms with E-state index in [1.807, 2.05) is 0 Å². The highest BCUT2D eigenvalue weighted by Gasteiger charge is 2.39. The van der Waals surface area contributed by atoms with Crippen LogP contribution in [0.3, 0.4) is 0 Å². The number of fused-ring (bicyclic) bond motifs is 19. The second-order valence-electron chi connectivity index (χ2n) is 28.1. The summed E-state index contributed by atoms with van der Waals surface area (Å²) in [6.45, 7) is 14.2. The maximum absolute atomic E-state index is 5.70. The van der Waals surface area contributed by atoms with E-state index in [4.69, 9.17) is 9.97 Å². The lowest BCUT2D eigenvalue weighted by Crippen LogP contribution is -2.15. The molecule has 444 valence electrons. The molecule has 0 atom stereocenters. The quantitative estimate of drug-likeness (QED) is 0.166. The van der Waals surface area contributed by atoms with Crippen LogP contribution in [0.4, 0.5) is 0 Å². The second-order valence-corrected chi connectivity index (χ2v) is 28.1. The van der Waals surface area contributed by atoms with Crippen molar-refractivity contribution in [2.75, 3.05) is 0 Å². The molecule has 0 amide bonds. The van der Waals surface area contributed by atoms with Gasteiger partial charge in [0.25, 0.3) is 0 Å². The highest BCUT2D eigenvalue weighted by Crippen LogP contribution is 2.55. The summed E-state index contributed by atoms with van der Waals surface area (Å²) in [7, 11) is 0. The van der Waals surface area contributed by atoms with Gasteiger partial charge in [-0.1, -0.05) is 199 Å². The van der Waals surface area contributed by atoms with Gasteiger partial charge in [-0.3, -0.25) is 0 Å². The third kappa shape index (κ3) is 7.24. The van der Waals surface area contributed by atoms with Crippen LogP contribution in [-0.4, -0.2) is 23.7 Å². The van der Waals surface area contributed by atoms with Gasteiger partial charge in [-0.05, 0) is 193 Å². The Bertz CT molecular complexity index is 6180. The number of aromatic nitrogens is 5. The normalized spacial score (nSPS) is 14.5. The zero-order chi connectivity index (χ0) is 62.7. The first kappa shape index (κ1) is 53.3. The minimum atomic E-state index is -0.153. The van der Waals surface area contributed by atoms with Gasteiger partial charge in [-0.2, -0.15) is 0 Å². The lowest BCUT2D eigenvalue weighted by atomic mass is 9.82. The Labute approximate surface area is 545 Å². The lowest BCUT2D eigenvalue weighted by molar-refractivity contribution is 0.661. The van der Waals surface area contributed by atoms with E-state index in [0.717, 1.165) is 55.9 Å². The minimum Gasteiger partial charge on any atom is -0.309 e. The number of rotatable bonds is 6. The maximum atomic E-state index is 5.70. The molecular weight excluding hydrogens is 1140 g/mol. The maximum Gasteiger partial charge on any atom is 0.160 e. The Morgan fingerprint density at radius 3 is 1.09 bits per heavy atom. The van der Waals surface area contributed by atoms with Crippen LogP contribution in [0, 0.1) is 0 Å². The lowest BCUT2D eigenvalue weighted by Gasteiger charge is -2.21. The molecule has 5 nitrogen and oxygen atoms in total. The van der Waals surface area contributed by atoms with Crippen molar-refractivity contribution in [3.63, 3.8) is 0 Å². The van der Waals surface area contributed by atoms with Crippen LogP contribution in [0.25, 0.3) is 161 Å². The topological polar surface area (TPSA) is 40.6 Å². The van der Waals surface area contributed by atoms with Crippen LogP contribution < -0.4 is 0 Å². The average Bonchev–Trinajstić information content (AvgIpc) is 1.56. The van der Waals surface area contributed by atoms with Gasteiger partial charge in [0.2, 0.25) is 0 Å². The van der Waals surface area contributed by atoms with Gasteiger partial charge in [-0.15, -0.1) is 0 Å². The van der Waals surface area contributed by atoms with Crippen molar-refractivity contribution in [2.24, 2.45) is 0 Å². The van der Waals surface area contributed by atoms with E-state index >= 15 is 0 Å². The van der Waals surface area contributed by atoms with Crippen molar-refractivity contribution in [3.05, 3.63) is 306 Å². The summed E-state index contributed by atoms with van der Waals surface area (Å²) < 4.78 is 7.37. The Balaban J connectivity index is 0.737. The van der Waals surface area contributed by atoms with Gasteiger partial charge in [0.1, 0.15) is 0 Å². The SMILES string of the molecule is CC1(C)c2ccccc2-c2cc3c4ccccc4n(-c4ccc(-c5ccc6nc(-c7ccc(-n8c9ccccc9c9cc%10c(cc98)C(C)(C)c8ccccc8-%10)cc7)nc(-c7cccc(-n8c9ccccc9c9cc%10c(cc98)C(C)(C)c8ccccc8-%10)c7)c6c5)cc4)c3cc21. The number of para-hydroxylation sites is 3. The zero-order valence-corrected chi connectivity index (χ0v) is 53.2. The summed E-state index contributed by atoms with van der Waals surface area (Å²) in [6.07, 6.45) is 0. The van der Waals surface area contributed by atoms with E-state index in [0.29, 0.717) is 5.82 Å². The fourth-order valence-electron chi connectivity index (χ4n) is 17.3. The molecular formula is C89H63N5. The summed E-state index contributed by atoms with van der Waals surface area (Å²) in [5, 5.41) is 8.49. The smallest absolute Gasteiger partial charge is 0.160 e. The van der Waals surface area contributed by atoms with Gasteiger partial charge in [0, 0.05) is 82.1 Å². The first-order chi connectivity index (χ1) is 45.9. The van der Waals surface area contributed by atoms with E-state index in [1.54, 1.807) is 0 Å². The summed E-state index contributed by atoms with van der Waals surface area (Å²) in [5.41, 5.74) is 32.2. The number of hydrogen-bond acceptors (Lipinski definition) is 2. The molecule has 0 aliphatic heterocycles. The molecule has 3 aliphatic rings. The van der Waals surface area contributed by atoms with Crippen molar-refractivity contribution in [2.45, 2.75) is 57.8 Å². The Morgan fingerprint density at radius 2 is 0.628 bits per heavy atom. The van der Waals surface area contributed by atoms with Crippen molar-refractivity contribution < 1.29 is 0 Å². The third-order valence-electron chi connectivity index (χ3n) is 22.0. The van der Waals surface area contributed by atoms with Crippen molar-refractivity contribution >= 4 is 76.3 Å². The van der Waals surface area contributed by atoms with Crippen molar-refractivity contribution in [3.8, 4) is 84.2 Å². The predicted octanol–water partition coefficient (Wildman–Crippen LogP) is 22.8. The first-order valence-electron chi connectivity index (χ1n) is 33.0. The Hall–Kier alpha value is -11.4. The molecule has 0 unspecified atom stereocenters. The molecule has 0 N–H and O–H groups in total. The molecule has 94 heavy (non-hydrogen) atoms. The molecule has 4 aromatic heterocycles. The summed E-state index contributed by atoms with van der Waals surface area (Å²) in [5.74, 6) is 0.675. The van der Waals surface area contributed by atoms with Gasteiger partial charge < -0.3 is 13.7 Å². The van der Waals surface area contributed by atoms with E-state index in [1.165, 1.54) is 132 Å². The van der Waals surface area contributed by atoms with Crippen LogP contribution in [0.15, 0.2) is 273 Å². The van der Waals surface area contributed by atoms with E-state index < -0.39 is 0 Å². The van der Waals surface area contributed by atoms with E-state index in [-0.39, 0.29) is 16.2 Å². The third-order valence-corrected chi connectivity index (χ3v) is 22.0. The standard InChI is InChI=1S/C89H63N5/c1-87(2)72-28-13-7-22-59(72)65-46-68-62-25-10-16-31-79(62)92(82(68)49-75(65)87)56-39-34-52(35-40-56)54-38-43-78-71(45-54)85(55-20-19-21-58(44-55)94-81-33-18-12-27-64(81)70-48-67-61-24-9-15-30-74(61)89(5,6)77(67)51-84(70)94)91-86(90-78)53-36-41-57(42-37-53)93-80-32-17-11-26-63(80)69-47-66-60-23-8-14-29-73(60)88(3,4)76(66)50-83(69)93/h7-51H,1-6H3. The number of benzene rings is 13. The van der Waals surface area contributed by atoms with Crippen molar-refractivity contribution in [1.29, 1.82) is 0 Å². The molecule has 5 heteroatoms. The molecule has 20 rings (SSSR count). The molecule has 0 saturated carbocycles. The Kier molecular flexibility index (Phi) is 10.7. The Morgan fingerprint density at radius 1 is 0.234 bits per heavy atom. The highest BCUT2D eigenvalue weighted by molar-refractivity contribution is 6.15. The van der Waals surface area contributed by atoms with E-state index in [2.05, 4.69) is 328 Å². The number of nitrogens with zero attached hydrogens (tertiary/aromatic N) is 5. The molecule has 0 spiro atoms. The average molecular weight is 1200 g/mol. The van der Waals surface area contributed by atoms with Gasteiger partial charge in [0.05, 0.1) is 44.3 Å². The molecule has 0 saturated heterocycles. The highest BCUT2D eigenvalue weighted by atomic mass is 15.0. The molecule has 13 aromatic carbocycles. The fraction of sp³-hybridized carbons (Fsp3) is 0.101. The van der Waals surface area contributed by atoms with Crippen LogP contribution in [0.1, 0.15) is 74.9 Å². The number of hydrogen-bond donors (Lipinski definition) is 0. The molecule has 17 aromatic rings. The van der Waals surface area contributed by atoms with Crippen LogP contribution in [0.2, 0.25) is 0 Å². The molecule has 0 fully saturated rings. The summed E-state index contributed by atoms with van der Waals surface area (Å²) in [6, 6.07) is 102. The predicted molar refractivity (Wildman–Crippen MR) is 392 cm³/mol. The summed E-state index contributed by atoms with van der Waals surface area (Å²) in [4.78, 5) is 11.2. The van der Waals surface area contributed by atoms with Gasteiger partial charge in [0.15, 0.2) is 5.82 Å². The first-order valence-corrected chi connectivity index (χ1v) is 33.0. The fourth-order valence-corrected chi connectivity index (χ4v) is 17.3. The largest absolute Gasteiger partial charge is 0.309 e. The summed E-state index contributed by atoms with van der Waals surface area (Å²) >= 11 is 0. The zero-order valence-electron chi connectivity index (χ0n) is 53.2. The van der Waals surface area contributed by atoms with E-state index in [9.17, 15) is 0 Å². The molecule has 0 bridgehead atoms. The second kappa shape index (κ2) is 18.9. The van der Waals surface area contributed by atoms with Crippen LogP contribution >= 0.6 is 0 Å². The molecule has 3 aliphatic carbocycles. The monoisotopic (exact) mass is 1200 g/mol. The minimum absolute atomic E-state index is 0.117. The molecule has 0 radical (unpaired) electrons. The van der Waals surface area contributed by atoms with Crippen LogP contribution in [-0.2, 0) is 16.2 Å². The molecule has 4 heterocycles. The van der Waals surface area contributed by atoms with Gasteiger partial charge >= 0.3 is 0 Å². The van der Waals surface area contributed by atoms with Gasteiger partial charge in [-0.25, -0.2) is 9.97 Å².